The van der Waals surface area contributed by atoms with E-state index in [1.54, 1.807) is 4.90 Å². The molecule has 1 saturated heterocycles. The van der Waals surface area contributed by atoms with Gasteiger partial charge in [-0.25, -0.2) is 4.79 Å². The van der Waals surface area contributed by atoms with Gasteiger partial charge in [0.25, 0.3) is 0 Å². The first-order valence-corrected chi connectivity index (χ1v) is 5.14. The van der Waals surface area contributed by atoms with Gasteiger partial charge in [-0.2, -0.15) is 0 Å². The van der Waals surface area contributed by atoms with Crippen molar-refractivity contribution in [3.63, 3.8) is 0 Å². The first-order chi connectivity index (χ1) is 6.38. The number of rotatable bonds is 0. The molecule has 14 heavy (non-hydrogen) atoms. The first-order valence-electron chi connectivity index (χ1n) is 5.14. The van der Waals surface area contributed by atoms with Crippen molar-refractivity contribution >= 4 is 6.09 Å². The molecule has 3 atom stereocenters. The van der Waals surface area contributed by atoms with Crippen LogP contribution < -0.4 is 5.73 Å². The maximum atomic E-state index is 11.7. The van der Waals surface area contributed by atoms with Gasteiger partial charge in [0.2, 0.25) is 0 Å². The SMILES string of the molecule is CC(C)(C)OC(=O)N1CC(N)C2C[C@@H]21. The predicted molar refractivity (Wildman–Crippen MR) is 52.8 cm³/mol. The predicted octanol–water partition coefficient (Wildman–Crippen LogP) is 0.953. The molecule has 1 amide bonds. The molecule has 2 rings (SSSR count). The van der Waals surface area contributed by atoms with Gasteiger partial charge < -0.3 is 15.4 Å². The number of amides is 1. The monoisotopic (exact) mass is 198 g/mol. The highest BCUT2D eigenvalue weighted by molar-refractivity contribution is 5.70. The Morgan fingerprint density at radius 2 is 2.14 bits per heavy atom. The quantitative estimate of drug-likeness (QED) is 0.630. The lowest BCUT2D eigenvalue weighted by Crippen LogP contribution is -2.39. The molecule has 4 heteroatoms. The summed E-state index contributed by atoms with van der Waals surface area (Å²) in [4.78, 5) is 13.5. The summed E-state index contributed by atoms with van der Waals surface area (Å²) in [5.41, 5.74) is 5.45. The second kappa shape index (κ2) is 2.86. The van der Waals surface area contributed by atoms with Crippen molar-refractivity contribution in [3.8, 4) is 0 Å². The minimum absolute atomic E-state index is 0.160. The van der Waals surface area contributed by atoms with Gasteiger partial charge in [0.1, 0.15) is 5.60 Å². The maximum Gasteiger partial charge on any atom is 0.410 e. The van der Waals surface area contributed by atoms with Crippen LogP contribution in [-0.4, -0.2) is 35.2 Å². The van der Waals surface area contributed by atoms with Crippen molar-refractivity contribution in [1.82, 2.24) is 4.90 Å². The van der Waals surface area contributed by atoms with Gasteiger partial charge in [0.15, 0.2) is 0 Å². The number of hydrogen-bond donors (Lipinski definition) is 1. The van der Waals surface area contributed by atoms with Gasteiger partial charge in [-0.3, -0.25) is 0 Å². The summed E-state index contributed by atoms with van der Waals surface area (Å²) in [7, 11) is 0. The van der Waals surface area contributed by atoms with Crippen LogP contribution in [0.4, 0.5) is 4.79 Å². The summed E-state index contributed by atoms with van der Waals surface area (Å²) in [5.74, 6) is 0.530. The van der Waals surface area contributed by atoms with E-state index in [4.69, 9.17) is 10.5 Å². The van der Waals surface area contributed by atoms with E-state index < -0.39 is 5.60 Å². The van der Waals surface area contributed by atoms with Crippen LogP contribution in [0.2, 0.25) is 0 Å². The molecule has 4 nitrogen and oxygen atoms in total. The smallest absolute Gasteiger partial charge is 0.410 e. The molecular formula is C10H18N2O2. The Morgan fingerprint density at radius 1 is 1.50 bits per heavy atom. The minimum Gasteiger partial charge on any atom is -0.444 e. The van der Waals surface area contributed by atoms with Gasteiger partial charge in [0.05, 0.1) is 0 Å². The normalized spacial score (nSPS) is 35.4. The van der Waals surface area contributed by atoms with Crippen molar-refractivity contribution in [2.24, 2.45) is 11.7 Å². The number of ether oxygens (including phenoxy) is 1. The van der Waals surface area contributed by atoms with E-state index >= 15 is 0 Å². The number of fused-ring (bicyclic) bond motifs is 1. The highest BCUT2D eigenvalue weighted by Crippen LogP contribution is 2.44. The number of carbonyl (C=O) groups excluding carboxylic acids is 1. The Balaban J connectivity index is 1.93. The third-order valence-corrected chi connectivity index (χ3v) is 2.79. The zero-order valence-corrected chi connectivity index (χ0v) is 8.99. The van der Waals surface area contributed by atoms with Crippen LogP contribution in [0.3, 0.4) is 0 Å². The molecule has 0 aromatic carbocycles. The van der Waals surface area contributed by atoms with Gasteiger partial charge >= 0.3 is 6.09 Å². The van der Waals surface area contributed by atoms with E-state index in [2.05, 4.69) is 0 Å². The van der Waals surface area contributed by atoms with Crippen LogP contribution in [0.25, 0.3) is 0 Å². The maximum absolute atomic E-state index is 11.7. The Kier molecular flexibility index (Phi) is 2.00. The lowest BCUT2D eigenvalue weighted by molar-refractivity contribution is 0.0260. The van der Waals surface area contributed by atoms with E-state index in [-0.39, 0.29) is 12.1 Å². The number of nitrogens with zero attached hydrogens (tertiary/aromatic N) is 1. The van der Waals surface area contributed by atoms with E-state index in [0.29, 0.717) is 18.5 Å². The molecule has 1 aliphatic heterocycles. The molecule has 0 spiro atoms. The van der Waals surface area contributed by atoms with E-state index in [9.17, 15) is 4.79 Å². The van der Waals surface area contributed by atoms with E-state index in [1.807, 2.05) is 20.8 Å². The van der Waals surface area contributed by atoms with Crippen molar-refractivity contribution in [2.75, 3.05) is 6.54 Å². The van der Waals surface area contributed by atoms with Crippen molar-refractivity contribution < 1.29 is 9.53 Å². The van der Waals surface area contributed by atoms with Gasteiger partial charge in [0, 0.05) is 18.6 Å². The fraction of sp³-hybridized carbons (Fsp3) is 0.900. The lowest BCUT2D eigenvalue weighted by atomic mass is 10.2. The molecule has 2 fully saturated rings. The third kappa shape index (κ3) is 1.71. The fourth-order valence-corrected chi connectivity index (χ4v) is 2.05. The Labute approximate surface area is 84.4 Å². The van der Waals surface area contributed by atoms with Crippen molar-refractivity contribution in [2.45, 2.75) is 44.9 Å². The van der Waals surface area contributed by atoms with E-state index in [0.717, 1.165) is 6.42 Å². The summed E-state index contributed by atoms with van der Waals surface area (Å²) >= 11 is 0. The second-order valence-corrected chi connectivity index (χ2v) is 5.26. The summed E-state index contributed by atoms with van der Waals surface area (Å²) in [6.07, 6.45) is 0.846. The highest BCUT2D eigenvalue weighted by Gasteiger charge is 2.54. The average Bonchev–Trinajstić information content (AvgIpc) is 2.69. The lowest BCUT2D eigenvalue weighted by Gasteiger charge is -2.25. The van der Waals surface area contributed by atoms with Crippen LogP contribution in [0.5, 0.6) is 0 Å². The standard InChI is InChI=1S/C10H18N2O2/c1-10(2,3)14-9(13)12-5-7(11)6-4-8(6)12/h6-8H,4-5,11H2,1-3H3/t6?,7?,8-/m0/s1. The Morgan fingerprint density at radius 3 is 2.50 bits per heavy atom. The fourth-order valence-electron chi connectivity index (χ4n) is 2.05. The highest BCUT2D eigenvalue weighted by atomic mass is 16.6. The van der Waals surface area contributed by atoms with Crippen LogP contribution in [-0.2, 0) is 4.74 Å². The number of piperidine rings is 1. The molecule has 0 bridgehead atoms. The molecule has 0 aromatic heterocycles. The minimum atomic E-state index is -0.409. The molecule has 0 radical (unpaired) electrons. The molecule has 0 aromatic rings. The molecule has 1 saturated carbocycles. The largest absolute Gasteiger partial charge is 0.444 e. The summed E-state index contributed by atoms with van der Waals surface area (Å²) < 4.78 is 5.30. The van der Waals surface area contributed by atoms with E-state index in [1.165, 1.54) is 0 Å². The molecule has 2 unspecified atom stereocenters. The first kappa shape index (κ1) is 9.77. The molecule has 2 aliphatic rings. The third-order valence-electron chi connectivity index (χ3n) is 2.79. The molecular weight excluding hydrogens is 180 g/mol. The summed E-state index contributed by atoms with van der Waals surface area (Å²) in [5, 5.41) is 0. The average molecular weight is 198 g/mol. The Hall–Kier alpha value is -0.770. The van der Waals surface area contributed by atoms with Crippen LogP contribution >= 0.6 is 0 Å². The number of carbonyl (C=O) groups is 1. The number of likely N-dealkylation sites (tertiary alicyclic amines) is 1. The zero-order valence-electron chi connectivity index (χ0n) is 8.99. The van der Waals surface area contributed by atoms with Crippen LogP contribution in [0.1, 0.15) is 27.2 Å². The van der Waals surface area contributed by atoms with Gasteiger partial charge in [-0.15, -0.1) is 0 Å². The van der Waals surface area contributed by atoms with Crippen molar-refractivity contribution in [1.29, 1.82) is 0 Å². The molecule has 1 aliphatic carbocycles. The summed E-state index contributed by atoms with van der Waals surface area (Å²) in [6, 6.07) is 0.521. The van der Waals surface area contributed by atoms with Gasteiger partial charge in [-0.1, -0.05) is 0 Å². The zero-order chi connectivity index (χ0) is 10.5. The number of nitrogens with two attached hydrogens (primary N) is 1. The number of hydrogen-bond acceptors (Lipinski definition) is 3. The molecule has 80 valence electrons. The molecule has 2 N–H and O–H groups in total. The van der Waals surface area contributed by atoms with Crippen molar-refractivity contribution in [3.05, 3.63) is 0 Å². The Bertz CT molecular complexity index is 259. The van der Waals surface area contributed by atoms with Gasteiger partial charge in [-0.05, 0) is 33.1 Å². The van der Waals surface area contributed by atoms with Crippen LogP contribution in [0.15, 0.2) is 0 Å². The topological polar surface area (TPSA) is 55.6 Å². The second-order valence-electron chi connectivity index (χ2n) is 5.26. The summed E-state index contributed by atoms with van der Waals surface area (Å²) in [6.45, 7) is 6.30. The molecule has 1 heterocycles. The van der Waals surface area contributed by atoms with Crippen LogP contribution in [0, 0.1) is 5.92 Å².